The summed E-state index contributed by atoms with van der Waals surface area (Å²) in [6, 6.07) is 20.4. The summed E-state index contributed by atoms with van der Waals surface area (Å²) in [5.74, 6) is -1.48. The molecule has 0 spiro atoms. The summed E-state index contributed by atoms with van der Waals surface area (Å²) in [6.07, 6.45) is -6.17. The molecular weight excluding hydrogens is 676 g/mol. The first-order valence-electron chi connectivity index (χ1n) is 15.3. The van der Waals surface area contributed by atoms with Gasteiger partial charge < -0.3 is 10.4 Å². The van der Waals surface area contributed by atoms with Crippen molar-refractivity contribution in [3.05, 3.63) is 148 Å². The molecule has 0 saturated heterocycles. The van der Waals surface area contributed by atoms with E-state index in [0.717, 1.165) is 37.6 Å². The number of rotatable bonds is 11. The highest BCUT2D eigenvalue weighted by molar-refractivity contribution is 6.30. The maximum absolute atomic E-state index is 14.4. The van der Waals surface area contributed by atoms with Crippen LogP contribution in [0, 0.1) is 11.6 Å². The van der Waals surface area contributed by atoms with Crippen LogP contribution >= 0.6 is 11.6 Å². The Bertz CT molecular complexity index is 1580. The lowest BCUT2D eigenvalue weighted by Crippen LogP contribution is -2.45. The van der Waals surface area contributed by atoms with Gasteiger partial charge in [-0.25, -0.2) is 8.78 Å². The van der Waals surface area contributed by atoms with E-state index in [1.165, 1.54) is 36.5 Å². The lowest BCUT2D eigenvalue weighted by atomic mass is 9.79. The zero-order valence-electron chi connectivity index (χ0n) is 27.3. The standard InChI is InChI=1S/C23H18ClF5N2.C13H17F3.CH4O/c1-14(2)31-22(21-8-5-18(24)13-30-21,12-15-3-6-19(25)7-4-15)16-9-17(23(27,28)29)11-20(26)10-16;1-2-6-11(9-10-13(14,15)16)12-7-4-3-5-8-12;1-2/h3-11,13,31H,1,12H2,2H3;3-5,7-8,11H,2,6,9-10H2,1H3;2H,1H3/t22-;;/m0../s1. The van der Waals surface area contributed by atoms with Gasteiger partial charge in [0.05, 0.1) is 16.3 Å². The van der Waals surface area contributed by atoms with Crippen LogP contribution in [0.4, 0.5) is 35.1 Å². The van der Waals surface area contributed by atoms with Crippen LogP contribution in [0.1, 0.15) is 73.4 Å². The minimum absolute atomic E-state index is 0.0121. The zero-order chi connectivity index (χ0) is 36.8. The van der Waals surface area contributed by atoms with Crippen molar-refractivity contribution in [3.8, 4) is 0 Å². The second-order valence-electron chi connectivity index (χ2n) is 11.3. The summed E-state index contributed by atoms with van der Waals surface area (Å²) in [4.78, 5) is 4.30. The summed E-state index contributed by atoms with van der Waals surface area (Å²) in [7, 11) is 1.00. The van der Waals surface area contributed by atoms with Crippen molar-refractivity contribution in [2.45, 2.75) is 69.8 Å². The molecule has 0 saturated carbocycles. The van der Waals surface area contributed by atoms with Gasteiger partial charge in [-0.05, 0) is 84.8 Å². The first-order valence-corrected chi connectivity index (χ1v) is 15.6. The van der Waals surface area contributed by atoms with Gasteiger partial charge in [0.1, 0.15) is 17.2 Å². The van der Waals surface area contributed by atoms with E-state index in [1.54, 1.807) is 13.0 Å². The highest BCUT2D eigenvalue weighted by Crippen LogP contribution is 2.38. The van der Waals surface area contributed by atoms with Crippen LogP contribution in [0.5, 0.6) is 0 Å². The highest BCUT2D eigenvalue weighted by Gasteiger charge is 2.39. The van der Waals surface area contributed by atoms with Crippen LogP contribution in [0.25, 0.3) is 0 Å². The minimum atomic E-state index is -4.75. The molecule has 266 valence electrons. The number of aliphatic hydroxyl groups excluding tert-OH is 1. The number of halogens is 9. The van der Waals surface area contributed by atoms with Gasteiger partial charge in [0.2, 0.25) is 0 Å². The molecule has 0 radical (unpaired) electrons. The maximum Gasteiger partial charge on any atom is 0.416 e. The van der Waals surface area contributed by atoms with Gasteiger partial charge in [0.15, 0.2) is 0 Å². The molecular formula is C37H39ClF8N2O. The van der Waals surface area contributed by atoms with Gasteiger partial charge in [-0.3, -0.25) is 4.98 Å². The van der Waals surface area contributed by atoms with E-state index in [9.17, 15) is 35.1 Å². The van der Waals surface area contributed by atoms with E-state index in [0.29, 0.717) is 28.0 Å². The van der Waals surface area contributed by atoms with E-state index in [-0.39, 0.29) is 24.3 Å². The van der Waals surface area contributed by atoms with Crippen molar-refractivity contribution in [1.29, 1.82) is 0 Å². The van der Waals surface area contributed by atoms with E-state index in [2.05, 4.69) is 16.9 Å². The molecule has 0 aliphatic heterocycles. The molecule has 0 aliphatic rings. The van der Waals surface area contributed by atoms with E-state index in [4.69, 9.17) is 16.7 Å². The number of hydrogen-bond donors (Lipinski definition) is 2. The number of nitrogens with one attached hydrogen (secondary N) is 1. The molecule has 1 aromatic heterocycles. The smallest absolute Gasteiger partial charge is 0.400 e. The van der Waals surface area contributed by atoms with Gasteiger partial charge >= 0.3 is 12.4 Å². The fourth-order valence-electron chi connectivity index (χ4n) is 5.31. The summed E-state index contributed by atoms with van der Waals surface area (Å²) < 4.78 is 105. The van der Waals surface area contributed by atoms with Gasteiger partial charge in [-0.2, -0.15) is 26.3 Å². The first-order chi connectivity index (χ1) is 23.0. The SMILES string of the molecule is C=C(C)N[C@@](Cc1ccc(F)cc1)(c1cc(F)cc(C(F)(F)F)c1)c1ccc(Cl)cn1.CCCC(CCC(F)(F)F)c1ccccc1.CO. The van der Waals surface area contributed by atoms with E-state index >= 15 is 0 Å². The van der Waals surface area contributed by atoms with Crippen molar-refractivity contribution in [2.75, 3.05) is 7.11 Å². The van der Waals surface area contributed by atoms with Crippen LogP contribution in [-0.2, 0) is 18.1 Å². The van der Waals surface area contributed by atoms with Crippen molar-refractivity contribution < 1.29 is 40.2 Å². The summed E-state index contributed by atoms with van der Waals surface area (Å²) >= 11 is 5.95. The Morgan fingerprint density at radius 3 is 1.96 bits per heavy atom. The number of aromatic nitrogens is 1. The Morgan fingerprint density at radius 1 is 0.837 bits per heavy atom. The fraction of sp³-hybridized carbons (Fsp3) is 0.324. The number of alkyl halides is 6. The fourth-order valence-corrected chi connectivity index (χ4v) is 5.42. The third-order valence-electron chi connectivity index (χ3n) is 7.38. The molecule has 0 fully saturated rings. The van der Waals surface area contributed by atoms with Crippen molar-refractivity contribution in [3.63, 3.8) is 0 Å². The Labute approximate surface area is 286 Å². The molecule has 3 nitrogen and oxygen atoms in total. The number of hydrogen-bond acceptors (Lipinski definition) is 3. The van der Waals surface area contributed by atoms with Crippen molar-refractivity contribution in [1.82, 2.24) is 10.3 Å². The Hall–Kier alpha value is -3.96. The van der Waals surface area contributed by atoms with Crippen molar-refractivity contribution >= 4 is 11.6 Å². The monoisotopic (exact) mass is 714 g/mol. The molecule has 0 aliphatic carbocycles. The van der Waals surface area contributed by atoms with Crippen molar-refractivity contribution in [2.24, 2.45) is 0 Å². The zero-order valence-corrected chi connectivity index (χ0v) is 28.0. The van der Waals surface area contributed by atoms with Gasteiger partial charge in [0.25, 0.3) is 0 Å². The normalized spacial score (nSPS) is 13.2. The largest absolute Gasteiger partial charge is 0.416 e. The maximum atomic E-state index is 14.4. The molecule has 1 unspecified atom stereocenters. The Balaban J connectivity index is 0.000000390. The van der Waals surface area contributed by atoms with E-state index in [1.807, 2.05) is 37.3 Å². The molecule has 4 rings (SSSR count). The quantitative estimate of drug-likeness (QED) is 0.152. The van der Waals surface area contributed by atoms with Gasteiger partial charge in [0, 0.05) is 31.8 Å². The third-order valence-corrected chi connectivity index (χ3v) is 7.60. The number of benzene rings is 3. The summed E-state index contributed by atoms with van der Waals surface area (Å²) in [6.45, 7) is 7.44. The lowest BCUT2D eigenvalue weighted by molar-refractivity contribution is -0.138. The molecule has 1 heterocycles. The predicted molar refractivity (Wildman–Crippen MR) is 177 cm³/mol. The first kappa shape index (κ1) is 41.2. The number of allylic oxidation sites excluding steroid dienone is 1. The molecule has 2 atom stereocenters. The second-order valence-corrected chi connectivity index (χ2v) is 11.7. The number of aliphatic hydroxyl groups is 1. The summed E-state index contributed by atoms with van der Waals surface area (Å²) in [5, 5.41) is 10.4. The van der Waals surface area contributed by atoms with Crippen LogP contribution in [0.2, 0.25) is 5.02 Å². The molecule has 3 aromatic carbocycles. The predicted octanol–water partition coefficient (Wildman–Crippen LogP) is 11.2. The van der Waals surface area contributed by atoms with Gasteiger partial charge in [-0.1, -0.05) is 74.0 Å². The molecule has 4 aromatic rings. The van der Waals surface area contributed by atoms with Crippen LogP contribution in [-0.4, -0.2) is 23.4 Å². The Morgan fingerprint density at radius 2 is 1.45 bits per heavy atom. The molecule has 0 bridgehead atoms. The lowest BCUT2D eigenvalue weighted by Gasteiger charge is -2.37. The molecule has 12 heteroatoms. The van der Waals surface area contributed by atoms with Crippen LogP contribution < -0.4 is 5.32 Å². The molecule has 49 heavy (non-hydrogen) atoms. The van der Waals surface area contributed by atoms with Gasteiger partial charge in [-0.15, -0.1) is 0 Å². The minimum Gasteiger partial charge on any atom is -0.400 e. The number of pyridine rings is 1. The molecule has 0 amide bonds. The average Bonchev–Trinajstić information content (AvgIpc) is 3.04. The van der Waals surface area contributed by atoms with E-state index < -0.39 is 41.5 Å². The summed E-state index contributed by atoms with van der Waals surface area (Å²) in [5.41, 5.74) is -0.264. The van der Waals surface area contributed by atoms with Crippen LogP contribution in [0.15, 0.2) is 103 Å². The average molecular weight is 715 g/mol. The molecule has 2 N–H and O–H groups in total. The second kappa shape index (κ2) is 18.7. The van der Waals surface area contributed by atoms with Crippen LogP contribution in [0.3, 0.4) is 0 Å². The Kier molecular flexibility index (Phi) is 15.7. The number of nitrogens with zero attached hydrogens (tertiary/aromatic N) is 1. The third kappa shape index (κ3) is 13.1. The topological polar surface area (TPSA) is 45.2 Å². The highest BCUT2D eigenvalue weighted by atomic mass is 35.5.